The van der Waals surface area contributed by atoms with E-state index in [0.29, 0.717) is 5.69 Å². The molecule has 0 aliphatic carbocycles. The molecule has 1 aliphatic heterocycles. The van der Waals surface area contributed by atoms with Crippen molar-refractivity contribution in [3.63, 3.8) is 0 Å². The van der Waals surface area contributed by atoms with E-state index in [1.807, 2.05) is 17.4 Å². The molecule has 2 aromatic rings. The van der Waals surface area contributed by atoms with Gasteiger partial charge in [-0.3, -0.25) is 14.7 Å². The SMILES string of the molecule is O=C(c1cnccn1)N1CCN(CCn2ccnc2)CC1. The number of carbonyl (C=O) groups is 1. The summed E-state index contributed by atoms with van der Waals surface area (Å²) in [5.41, 5.74) is 0.421. The number of hydrogen-bond acceptors (Lipinski definition) is 5. The summed E-state index contributed by atoms with van der Waals surface area (Å²) in [6.45, 7) is 5.15. The molecular formula is C14H18N6O. The number of piperazine rings is 1. The predicted octanol–water partition coefficient (Wildman–Crippen LogP) is 0.131. The maximum atomic E-state index is 12.2. The minimum Gasteiger partial charge on any atom is -0.336 e. The summed E-state index contributed by atoms with van der Waals surface area (Å²) < 4.78 is 2.07. The van der Waals surface area contributed by atoms with Crippen molar-refractivity contribution in [1.82, 2.24) is 29.3 Å². The minimum atomic E-state index is -0.0302. The van der Waals surface area contributed by atoms with Crippen LogP contribution in [0, 0.1) is 0 Å². The molecule has 0 N–H and O–H groups in total. The zero-order chi connectivity index (χ0) is 14.5. The van der Waals surface area contributed by atoms with Gasteiger partial charge in [-0.05, 0) is 0 Å². The van der Waals surface area contributed by atoms with Crippen LogP contribution < -0.4 is 0 Å². The number of nitrogens with zero attached hydrogens (tertiary/aromatic N) is 6. The average molecular weight is 286 g/mol. The van der Waals surface area contributed by atoms with E-state index < -0.39 is 0 Å². The fourth-order valence-electron chi connectivity index (χ4n) is 2.42. The topological polar surface area (TPSA) is 67.2 Å². The van der Waals surface area contributed by atoms with Gasteiger partial charge < -0.3 is 9.47 Å². The van der Waals surface area contributed by atoms with Crippen LogP contribution in [0.15, 0.2) is 37.3 Å². The van der Waals surface area contributed by atoms with Crippen molar-refractivity contribution < 1.29 is 4.79 Å². The summed E-state index contributed by atoms with van der Waals surface area (Å²) in [6, 6.07) is 0. The van der Waals surface area contributed by atoms with Crippen LogP contribution in [0.2, 0.25) is 0 Å². The number of imidazole rings is 1. The summed E-state index contributed by atoms with van der Waals surface area (Å²) >= 11 is 0. The standard InChI is InChI=1S/C14H18N6O/c21-14(13-11-15-1-2-17-13)20-9-7-18(8-10-20)5-6-19-4-3-16-12-19/h1-4,11-12H,5-10H2. The van der Waals surface area contributed by atoms with Crippen molar-refractivity contribution >= 4 is 5.91 Å². The van der Waals surface area contributed by atoms with Gasteiger partial charge in [0.15, 0.2) is 0 Å². The van der Waals surface area contributed by atoms with Gasteiger partial charge in [0, 0.05) is 64.1 Å². The summed E-state index contributed by atoms with van der Waals surface area (Å²) in [5, 5.41) is 0. The minimum absolute atomic E-state index is 0.0302. The largest absolute Gasteiger partial charge is 0.336 e. The monoisotopic (exact) mass is 286 g/mol. The number of aromatic nitrogens is 4. The zero-order valence-corrected chi connectivity index (χ0v) is 11.8. The second kappa shape index (κ2) is 6.45. The molecule has 1 aliphatic rings. The molecule has 0 unspecified atom stereocenters. The molecule has 1 saturated heterocycles. The second-order valence-electron chi connectivity index (χ2n) is 5.03. The third-order valence-corrected chi connectivity index (χ3v) is 3.68. The van der Waals surface area contributed by atoms with Gasteiger partial charge in [-0.25, -0.2) is 9.97 Å². The predicted molar refractivity (Wildman–Crippen MR) is 76.6 cm³/mol. The highest BCUT2D eigenvalue weighted by atomic mass is 16.2. The highest BCUT2D eigenvalue weighted by molar-refractivity contribution is 5.92. The molecule has 0 atom stereocenters. The Morgan fingerprint density at radius 2 is 1.90 bits per heavy atom. The molecule has 1 amide bonds. The third kappa shape index (κ3) is 3.43. The van der Waals surface area contributed by atoms with Crippen LogP contribution in [-0.2, 0) is 6.54 Å². The Bertz CT molecular complexity index is 562. The van der Waals surface area contributed by atoms with Crippen molar-refractivity contribution in [2.75, 3.05) is 32.7 Å². The Hall–Kier alpha value is -2.28. The van der Waals surface area contributed by atoms with Crippen LogP contribution in [0.3, 0.4) is 0 Å². The first-order chi connectivity index (χ1) is 10.3. The van der Waals surface area contributed by atoms with Crippen molar-refractivity contribution in [1.29, 1.82) is 0 Å². The molecule has 7 heteroatoms. The Morgan fingerprint density at radius 3 is 2.57 bits per heavy atom. The number of hydrogen-bond donors (Lipinski definition) is 0. The summed E-state index contributed by atoms with van der Waals surface area (Å²) in [4.78, 5) is 28.5. The molecule has 0 spiro atoms. The fourth-order valence-corrected chi connectivity index (χ4v) is 2.42. The Labute approximate surface area is 123 Å². The third-order valence-electron chi connectivity index (χ3n) is 3.68. The van der Waals surface area contributed by atoms with Gasteiger partial charge in [0.1, 0.15) is 5.69 Å². The van der Waals surface area contributed by atoms with Crippen LogP contribution in [0.5, 0.6) is 0 Å². The summed E-state index contributed by atoms with van der Waals surface area (Å²) in [7, 11) is 0. The Balaban J connectivity index is 1.47. The first-order valence-corrected chi connectivity index (χ1v) is 7.06. The molecule has 0 radical (unpaired) electrons. The van der Waals surface area contributed by atoms with Gasteiger partial charge in [0.25, 0.3) is 5.91 Å². The molecule has 110 valence electrons. The van der Waals surface area contributed by atoms with E-state index in [1.165, 1.54) is 6.20 Å². The van der Waals surface area contributed by atoms with Crippen molar-refractivity contribution in [3.8, 4) is 0 Å². The normalized spacial score (nSPS) is 16.1. The lowest BCUT2D eigenvalue weighted by atomic mass is 10.3. The molecule has 1 fully saturated rings. The summed E-state index contributed by atoms with van der Waals surface area (Å²) in [6.07, 6.45) is 10.2. The van der Waals surface area contributed by atoms with E-state index in [2.05, 4.69) is 24.4 Å². The molecule has 0 aromatic carbocycles. The quantitative estimate of drug-likeness (QED) is 0.799. The van der Waals surface area contributed by atoms with Gasteiger partial charge in [0.2, 0.25) is 0 Å². The van der Waals surface area contributed by atoms with Crippen molar-refractivity contribution in [3.05, 3.63) is 43.0 Å². The van der Waals surface area contributed by atoms with E-state index in [0.717, 1.165) is 39.3 Å². The molecule has 0 saturated carbocycles. The van der Waals surface area contributed by atoms with Crippen LogP contribution in [0.4, 0.5) is 0 Å². The molecule has 21 heavy (non-hydrogen) atoms. The fraction of sp³-hybridized carbons (Fsp3) is 0.429. The molecule has 2 aromatic heterocycles. The lowest BCUT2D eigenvalue weighted by molar-refractivity contribution is 0.0627. The maximum absolute atomic E-state index is 12.2. The van der Waals surface area contributed by atoms with E-state index in [1.54, 1.807) is 18.6 Å². The van der Waals surface area contributed by atoms with E-state index in [4.69, 9.17) is 0 Å². The molecule has 3 rings (SSSR count). The van der Waals surface area contributed by atoms with Gasteiger partial charge in [-0.15, -0.1) is 0 Å². The number of amides is 1. The Kier molecular flexibility index (Phi) is 4.20. The zero-order valence-electron chi connectivity index (χ0n) is 11.8. The van der Waals surface area contributed by atoms with Gasteiger partial charge >= 0.3 is 0 Å². The highest BCUT2D eigenvalue weighted by Crippen LogP contribution is 2.06. The Morgan fingerprint density at radius 1 is 1.05 bits per heavy atom. The molecule has 7 nitrogen and oxygen atoms in total. The van der Waals surface area contributed by atoms with Gasteiger partial charge in [0.05, 0.1) is 12.5 Å². The van der Waals surface area contributed by atoms with Crippen LogP contribution in [0.1, 0.15) is 10.5 Å². The first kappa shape index (κ1) is 13.7. The van der Waals surface area contributed by atoms with Crippen LogP contribution in [-0.4, -0.2) is 67.9 Å². The van der Waals surface area contributed by atoms with E-state index in [-0.39, 0.29) is 5.91 Å². The average Bonchev–Trinajstić information content (AvgIpc) is 3.07. The van der Waals surface area contributed by atoms with E-state index in [9.17, 15) is 4.79 Å². The highest BCUT2D eigenvalue weighted by Gasteiger charge is 2.22. The lowest BCUT2D eigenvalue weighted by Gasteiger charge is -2.34. The van der Waals surface area contributed by atoms with Gasteiger partial charge in [-0.2, -0.15) is 0 Å². The number of carbonyl (C=O) groups excluding carboxylic acids is 1. The van der Waals surface area contributed by atoms with Crippen molar-refractivity contribution in [2.24, 2.45) is 0 Å². The van der Waals surface area contributed by atoms with Gasteiger partial charge in [-0.1, -0.05) is 0 Å². The second-order valence-corrected chi connectivity index (χ2v) is 5.03. The maximum Gasteiger partial charge on any atom is 0.274 e. The molecular weight excluding hydrogens is 268 g/mol. The van der Waals surface area contributed by atoms with Crippen molar-refractivity contribution in [2.45, 2.75) is 6.54 Å². The number of rotatable bonds is 4. The van der Waals surface area contributed by atoms with Crippen LogP contribution in [0.25, 0.3) is 0 Å². The van der Waals surface area contributed by atoms with Crippen LogP contribution >= 0.6 is 0 Å². The lowest BCUT2D eigenvalue weighted by Crippen LogP contribution is -2.49. The molecule has 3 heterocycles. The molecule has 0 bridgehead atoms. The first-order valence-electron chi connectivity index (χ1n) is 7.06. The van der Waals surface area contributed by atoms with E-state index >= 15 is 0 Å². The summed E-state index contributed by atoms with van der Waals surface area (Å²) in [5.74, 6) is -0.0302. The smallest absolute Gasteiger partial charge is 0.274 e.